The van der Waals surface area contributed by atoms with Crippen LogP contribution in [0.4, 0.5) is 0 Å². The van der Waals surface area contributed by atoms with Gasteiger partial charge in [0.05, 0.1) is 11.1 Å². The molecule has 0 aromatic heterocycles. The largest absolute Gasteiger partial charge is 0.481 e. The number of aliphatic carboxylic acids is 1. The van der Waals surface area contributed by atoms with Crippen LogP contribution < -0.4 is 10.6 Å². The first-order valence-electron chi connectivity index (χ1n) is 11.9. The van der Waals surface area contributed by atoms with Gasteiger partial charge in [-0.05, 0) is 42.2 Å². The SMILES string of the molecule is O=C(O)CCCCCCCCCCCCCCCC1=NN=c2cc3c(cc21)=CC=C3. The van der Waals surface area contributed by atoms with Crippen molar-refractivity contribution in [2.24, 2.45) is 10.2 Å². The van der Waals surface area contributed by atoms with Gasteiger partial charge in [-0.2, -0.15) is 10.2 Å². The summed E-state index contributed by atoms with van der Waals surface area (Å²) < 4.78 is 0. The van der Waals surface area contributed by atoms with Crippen LogP contribution in [0.15, 0.2) is 28.4 Å². The molecule has 3 rings (SSSR count). The van der Waals surface area contributed by atoms with E-state index in [2.05, 4.69) is 40.6 Å². The van der Waals surface area contributed by atoms with Crippen LogP contribution in [0.1, 0.15) is 107 Å². The van der Waals surface area contributed by atoms with Crippen molar-refractivity contribution in [2.75, 3.05) is 0 Å². The molecule has 0 fully saturated rings. The van der Waals surface area contributed by atoms with Crippen molar-refractivity contribution in [3.8, 4) is 0 Å². The second-order valence-corrected chi connectivity index (χ2v) is 8.66. The molecule has 4 heteroatoms. The summed E-state index contributed by atoms with van der Waals surface area (Å²) in [5.41, 5.74) is 3.65. The van der Waals surface area contributed by atoms with E-state index in [9.17, 15) is 4.79 Å². The van der Waals surface area contributed by atoms with Crippen LogP contribution in [0.5, 0.6) is 0 Å². The number of fused-ring (bicyclic) bond motifs is 2. The monoisotopic (exact) mass is 408 g/mol. The molecule has 0 unspecified atom stereocenters. The first-order valence-corrected chi connectivity index (χ1v) is 11.9. The quantitative estimate of drug-likeness (QED) is 0.353. The third-order valence-corrected chi connectivity index (χ3v) is 6.15. The summed E-state index contributed by atoms with van der Waals surface area (Å²) in [6.45, 7) is 0. The van der Waals surface area contributed by atoms with Crippen molar-refractivity contribution in [1.29, 1.82) is 0 Å². The molecule has 0 spiro atoms. The number of carbonyl (C=O) groups is 1. The molecular formula is C26H36N2O2. The molecule has 30 heavy (non-hydrogen) atoms. The number of rotatable bonds is 16. The van der Waals surface area contributed by atoms with Gasteiger partial charge in [0, 0.05) is 12.0 Å². The van der Waals surface area contributed by atoms with Gasteiger partial charge in [0.25, 0.3) is 0 Å². The van der Waals surface area contributed by atoms with Gasteiger partial charge in [0.1, 0.15) is 0 Å². The second-order valence-electron chi connectivity index (χ2n) is 8.66. The topological polar surface area (TPSA) is 62.0 Å². The molecule has 0 radical (unpaired) electrons. The lowest BCUT2D eigenvalue weighted by Gasteiger charge is -2.04. The van der Waals surface area contributed by atoms with Crippen LogP contribution in [-0.2, 0) is 4.79 Å². The second kappa shape index (κ2) is 12.5. The zero-order valence-corrected chi connectivity index (χ0v) is 18.2. The van der Waals surface area contributed by atoms with E-state index in [0.29, 0.717) is 6.42 Å². The van der Waals surface area contributed by atoms with Gasteiger partial charge < -0.3 is 5.11 Å². The maximum atomic E-state index is 10.4. The Labute approximate surface area is 180 Å². The van der Waals surface area contributed by atoms with Crippen LogP contribution >= 0.6 is 0 Å². The molecule has 1 aliphatic heterocycles. The van der Waals surface area contributed by atoms with Gasteiger partial charge in [0.2, 0.25) is 0 Å². The third-order valence-electron chi connectivity index (χ3n) is 6.15. The summed E-state index contributed by atoms with van der Waals surface area (Å²) in [6, 6.07) is 4.40. The fraction of sp³-hybridized carbons (Fsp3) is 0.577. The van der Waals surface area contributed by atoms with E-state index in [1.54, 1.807) is 0 Å². The molecule has 0 bridgehead atoms. The van der Waals surface area contributed by atoms with Crippen LogP contribution in [0.3, 0.4) is 0 Å². The maximum absolute atomic E-state index is 10.4. The van der Waals surface area contributed by atoms with Gasteiger partial charge in [-0.3, -0.25) is 4.79 Å². The average Bonchev–Trinajstić information content (AvgIpc) is 3.35. The van der Waals surface area contributed by atoms with E-state index in [0.717, 1.165) is 30.3 Å². The number of unbranched alkanes of at least 4 members (excludes halogenated alkanes) is 12. The van der Waals surface area contributed by atoms with E-state index in [1.165, 1.54) is 87.0 Å². The van der Waals surface area contributed by atoms with Crippen molar-refractivity contribution < 1.29 is 9.90 Å². The Balaban J connectivity index is 1.14. The summed E-state index contributed by atoms with van der Waals surface area (Å²) in [7, 11) is 0. The molecule has 4 nitrogen and oxygen atoms in total. The molecule has 1 aromatic rings. The lowest BCUT2D eigenvalue weighted by atomic mass is 10.00. The first-order chi connectivity index (χ1) is 14.7. The van der Waals surface area contributed by atoms with Crippen molar-refractivity contribution in [3.05, 3.63) is 39.9 Å². The Hall–Kier alpha value is -2.23. The van der Waals surface area contributed by atoms with Crippen molar-refractivity contribution >= 4 is 23.8 Å². The number of allylic oxidation sites excluding steroid dienone is 1. The van der Waals surface area contributed by atoms with Crippen LogP contribution in [0.2, 0.25) is 0 Å². The number of nitrogens with zero attached hydrogens (tertiary/aromatic N) is 2. The summed E-state index contributed by atoms with van der Waals surface area (Å²) in [5.74, 6) is -0.664. The lowest BCUT2D eigenvalue weighted by Crippen LogP contribution is -2.18. The zero-order valence-electron chi connectivity index (χ0n) is 18.2. The molecule has 1 heterocycles. The number of carboxylic acids is 1. The van der Waals surface area contributed by atoms with Crippen molar-refractivity contribution in [3.63, 3.8) is 0 Å². The van der Waals surface area contributed by atoms with Gasteiger partial charge in [-0.25, -0.2) is 0 Å². The Bertz CT molecular complexity index is 883. The number of hydrogen-bond donors (Lipinski definition) is 1. The molecule has 0 saturated carbocycles. The minimum atomic E-state index is -0.664. The summed E-state index contributed by atoms with van der Waals surface area (Å²) >= 11 is 0. The predicted molar refractivity (Wildman–Crippen MR) is 124 cm³/mol. The number of benzene rings is 1. The van der Waals surface area contributed by atoms with E-state index < -0.39 is 5.97 Å². The highest BCUT2D eigenvalue weighted by atomic mass is 16.4. The first kappa shape index (κ1) is 22.5. The minimum absolute atomic E-state index is 0.328. The molecule has 2 aliphatic rings. The van der Waals surface area contributed by atoms with Crippen LogP contribution in [0.25, 0.3) is 12.2 Å². The van der Waals surface area contributed by atoms with Crippen LogP contribution in [0, 0.1) is 0 Å². The highest BCUT2D eigenvalue weighted by molar-refractivity contribution is 6.01. The van der Waals surface area contributed by atoms with E-state index in [4.69, 9.17) is 5.11 Å². The standard InChI is InChI=1S/C26H36N2O2/c29-26(30)18-13-11-9-7-5-3-1-2-4-6-8-10-12-17-24-23-19-21-15-14-16-22(21)20-25(23)28-27-24/h14-16,19-20H,1-13,17-18H2,(H,29,30). The van der Waals surface area contributed by atoms with Gasteiger partial charge in [0.15, 0.2) is 0 Å². The molecule has 0 amide bonds. The Morgan fingerprint density at radius 3 is 2.00 bits per heavy atom. The Kier molecular flexibility index (Phi) is 9.33. The molecule has 1 aromatic carbocycles. The minimum Gasteiger partial charge on any atom is -0.481 e. The smallest absolute Gasteiger partial charge is 0.303 e. The summed E-state index contributed by atoms with van der Waals surface area (Å²) in [4.78, 5) is 10.4. The van der Waals surface area contributed by atoms with Gasteiger partial charge in [-0.1, -0.05) is 88.9 Å². The zero-order chi connectivity index (χ0) is 21.0. The molecule has 1 aliphatic carbocycles. The highest BCUT2D eigenvalue weighted by Gasteiger charge is 2.13. The van der Waals surface area contributed by atoms with Crippen molar-refractivity contribution in [1.82, 2.24) is 0 Å². The molecule has 162 valence electrons. The summed E-state index contributed by atoms with van der Waals surface area (Å²) in [5, 5.41) is 19.7. The Morgan fingerprint density at radius 1 is 0.767 bits per heavy atom. The van der Waals surface area contributed by atoms with E-state index >= 15 is 0 Å². The molecule has 1 N–H and O–H groups in total. The summed E-state index contributed by atoms with van der Waals surface area (Å²) in [6.07, 6.45) is 24.0. The van der Waals surface area contributed by atoms with E-state index in [-0.39, 0.29) is 0 Å². The van der Waals surface area contributed by atoms with Gasteiger partial charge >= 0.3 is 5.97 Å². The molecule has 0 atom stereocenters. The third kappa shape index (κ3) is 7.23. The van der Waals surface area contributed by atoms with Crippen molar-refractivity contribution in [2.45, 2.75) is 96.3 Å². The molecule has 0 saturated heterocycles. The Morgan fingerprint density at radius 2 is 1.37 bits per heavy atom. The van der Waals surface area contributed by atoms with Gasteiger partial charge in [-0.15, -0.1) is 0 Å². The predicted octanol–water partition coefficient (Wildman–Crippen LogP) is 5.77. The fourth-order valence-electron chi connectivity index (χ4n) is 4.35. The lowest BCUT2D eigenvalue weighted by molar-refractivity contribution is -0.137. The normalized spacial score (nSPS) is 13.5. The average molecular weight is 409 g/mol. The highest BCUT2D eigenvalue weighted by Crippen LogP contribution is 2.15. The number of carboxylic acid groups (broad SMARTS) is 1. The number of hydrogen-bond acceptors (Lipinski definition) is 3. The molecular weight excluding hydrogens is 372 g/mol. The van der Waals surface area contributed by atoms with E-state index in [1.807, 2.05) is 0 Å². The maximum Gasteiger partial charge on any atom is 0.303 e. The fourth-order valence-corrected chi connectivity index (χ4v) is 4.35. The van der Waals surface area contributed by atoms with Crippen LogP contribution in [-0.4, -0.2) is 16.8 Å².